The second-order valence-electron chi connectivity index (χ2n) is 8.48. The molecule has 0 spiro atoms. The summed E-state index contributed by atoms with van der Waals surface area (Å²) in [5, 5.41) is 0.762. The number of hydrogen-bond acceptors (Lipinski definition) is 2. The lowest BCUT2D eigenvalue weighted by molar-refractivity contribution is 0.376. The van der Waals surface area contributed by atoms with Crippen LogP contribution in [-0.4, -0.2) is 18.3 Å². The van der Waals surface area contributed by atoms with E-state index in [-0.39, 0.29) is 5.54 Å². The zero-order chi connectivity index (χ0) is 19.8. The molecule has 0 amide bonds. The Kier molecular flexibility index (Phi) is 5.67. The fraction of sp³-hybridized carbons (Fsp3) is 0.458. The Labute approximate surface area is 169 Å². The van der Waals surface area contributed by atoms with Gasteiger partial charge in [-0.2, -0.15) is 0 Å². The van der Waals surface area contributed by atoms with Crippen LogP contribution >= 0.6 is 11.6 Å². The molecular weight excluding hydrogens is 352 g/mol. The first-order chi connectivity index (χ1) is 12.7. The summed E-state index contributed by atoms with van der Waals surface area (Å²) in [4.78, 5) is 7.33. The molecule has 0 aromatic heterocycles. The number of anilines is 1. The summed E-state index contributed by atoms with van der Waals surface area (Å²) >= 11 is 6.23. The SMILES string of the molecule is CCCN1c2cc(C)c(C=Nc3cccc(Cl)c3C)cc2C(C)CC1(C)C. The van der Waals surface area contributed by atoms with E-state index in [1.165, 1.54) is 28.8 Å². The van der Waals surface area contributed by atoms with Gasteiger partial charge in [-0.05, 0) is 93.0 Å². The van der Waals surface area contributed by atoms with Gasteiger partial charge < -0.3 is 4.90 Å². The largest absolute Gasteiger partial charge is 0.366 e. The normalized spacial score (nSPS) is 18.8. The zero-order valence-corrected chi connectivity index (χ0v) is 18.2. The maximum Gasteiger partial charge on any atom is 0.0673 e. The lowest BCUT2D eigenvalue weighted by Crippen LogP contribution is -2.48. The average molecular weight is 383 g/mol. The van der Waals surface area contributed by atoms with Crippen molar-refractivity contribution in [3.8, 4) is 0 Å². The molecule has 3 rings (SSSR count). The number of benzene rings is 2. The van der Waals surface area contributed by atoms with Gasteiger partial charge in [0.25, 0.3) is 0 Å². The van der Waals surface area contributed by atoms with Crippen molar-refractivity contribution in [3.63, 3.8) is 0 Å². The van der Waals surface area contributed by atoms with Gasteiger partial charge in [-0.3, -0.25) is 4.99 Å². The lowest BCUT2D eigenvalue weighted by Gasteiger charge is -2.48. The molecule has 144 valence electrons. The van der Waals surface area contributed by atoms with E-state index < -0.39 is 0 Å². The molecule has 3 heteroatoms. The number of aliphatic imine (C=N–C) groups is 1. The summed E-state index contributed by atoms with van der Waals surface area (Å²) in [5.41, 5.74) is 7.45. The number of hydrogen-bond donors (Lipinski definition) is 0. The average Bonchev–Trinajstić information content (AvgIpc) is 2.60. The molecule has 27 heavy (non-hydrogen) atoms. The zero-order valence-electron chi connectivity index (χ0n) is 17.4. The van der Waals surface area contributed by atoms with E-state index in [2.05, 4.69) is 51.7 Å². The number of fused-ring (bicyclic) bond motifs is 1. The van der Waals surface area contributed by atoms with Crippen molar-refractivity contribution in [2.45, 2.75) is 65.8 Å². The number of nitrogens with zero attached hydrogens (tertiary/aromatic N) is 2. The van der Waals surface area contributed by atoms with Crippen LogP contribution in [0.2, 0.25) is 5.02 Å². The third-order valence-corrected chi connectivity index (χ3v) is 6.21. The third kappa shape index (κ3) is 3.91. The van der Waals surface area contributed by atoms with Crippen LogP contribution in [0.4, 0.5) is 11.4 Å². The Balaban J connectivity index is 2.02. The summed E-state index contributed by atoms with van der Waals surface area (Å²) in [5.74, 6) is 0.545. The van der Waals surface area contributed by atoms with Gasteiger partial charge in [0.2, 0.25) is 0 Å². The molecule has 1 heterocycles. The highest BCUT2D eigenvalue weighted by molar-refractivity contribution is 6.31. The van der Waals surface area contributed by atoms with Crippen LogP contribution < -0.4 is 4.90 Å². The minimum atomic E-state index is 0.197. The van der Waals surface area contributed by atoms with Gasteiger partial charge in [0.1, 0.15) is 0 Å². The minimum Gasteiger partial charge on any atom is -0.366 e. The van der Waals surface area contributed by atoms with E-state index in [9.17, 15) is 0 Å². The van der Waals surface area contributed by atoms with Gasteiger partial charge >= 0.3 is 0 Å². The van der Waals surface area contributed by atoms with Crippen LogP contribution in [0.25, 0.3) is 0 Å². The van der Waals surface area contributed by atoms with Crippen molar-refractivity contribution >= 4 is 29.2 Å². The smallest absolute Gasteiger partial charge is 0.0673 e. The predicted molar refractivity (Wildman–Crippen MR) is 119 cm³/mol. The van der Waals surface area contributed by atoms with Crippen molar-refractivity contribution in [2.24, 2.45) is 4.99 Å². The molecule has 0 saturated heterocycles. The Morgan fingerprint density at radius 3 is 2.70 bits per heavy atom. The molecule has 2 aromatic rings. The van der Waals surface area contributed by atoms with Gasteiger partial charge in [0, 0.05) is 29.0 Å². The molecule has 0 N–H and O–H groups in total. The topological polar surface area (TPSA) is 15.6 Å². The van der Waals surface area contributed by atoms with Gasteiger partial charge in [0.15, 0.2) is 0 Å². The first-order valence-corrected chi connectivity index (χ1v) is 10.3. The van der Waals surface area contributed by atoms with Crippen molar-refractivity contribution in [1.29, 1.82) is 0 Å². The highest BCUT2D eigenvalue weighted by Crippen LogP contribution is 2.44. The molecule has 0 fully saturated rings. The molecule has 1 unspecified atom stereocenters. The van der Waals surface area contributed by atoms with Crippen LogP contribution in [0.1, 0.15) is 68.7 Å². The summed E-state index contributed by atoms with van der Waals surface area (Å²) in [6, 6.07) is 10.6. The summed E-state index contributed by atoms with van der Waals surface area (Å²) in [6.45, 7) is 14.6. The number of halogens is 1. The van der Waals surface area contributed by atoms with Gasteiger partial charge in [0.05, 0.1) is 5.69 Å². The fourth-order valence-corrected chi connectivity index (χ4v) is 4.48. The predicted octanol–water partition coefficient (Wildman–Crippen LogP) is 7.21. The van der Waals surface area contributed by atoms with Gasteiger partial charge in [-0.1, -0.05) is 31.5 Å². The summed E-state index contributed by atoms with van der Waals surface area (Å²) in [6.07, 6.45) is 4.32. The molecular formula is C24H31ClN2. The van der Waals surface area contributed by atoms with Crippen LogP contribution in [-0.2, 0) is 0 Å². The standard InChI is InChI=1S/C24H31ClN2/c1-7-11-27-23-12-16(2)19(13-20(23)17(3)14-24(27,5)6)15-26-22-10-8-9-21(25)18(22)4/h8-10,12-13,15,17H,7,11,14H2,1-6H3. The fourth-order valence-electron chi connectivity index (χ4n) is 4.31. The molecule has 2 nitrogen and oxygen atoms in total. The molecule has 0 bridgehead atoms. The van der Waals surface area contributed by atoms with Crippen LogP contribution in [0.5, 0.6) is 0 Å². The van der Waals surface area contributed by atoms with Gasteiger partial charge in [-0.25, -0.2) is 0 Å². The molecule has 0 radical (unpaired) electrons. The van der Waals surface area contributed by atoms with E-state index in [4.69, 9.17) is 16.6 Å². The maximum atomic E-state index is 6.23. The van der Waals surface area contributed by atoms with Gasteiger partial charge in [-0.15, -0.1) is 0 Å². The van der Waals surface area contributed by atoms with E-state index in [0.717, 1.165) is 29.2 Å². The van der Waals surface area contributed by atoms with E-state index in [0.29, 0.717) is 5.92 Å². The molecule has 0 aliphatic carbocycles. The number of aryl methyl sites for hydroxylation is 1. The quantitative estimate of drug-likeness (QED) is 0.510. The first-order valence-electron chi connectivity index (χ1n) is 9.96. The molecule has 0 saturated carbocycles. The minimum absolute atomic E-state index is 0.197. The maximum absolute atomic E-state index is 6.23. The van der Waals surface area contributed by atoms with Crippen molar-refractivity contribution < 1.29 is 0 Å². The van der Waals surface area contributed by atoms with E-state index in [1.54, 1.807) is 0 Å². The summed E-state index contributed by atoms with van der Waals surface area (Å²) < 4.78 is 0. The van der Waals surface area contributed by atoms with Crippen LogP contribution in [0.3, 0.4) is 0 Å². The molecule has 1 aliphatic rings. The number of rotatable bonds is 4. The third-order valence-electron chi connectivity index (χ3n) is 5.80. The first kappa shape index (κ1) is 19.9. The highest BCUT2D eigenvalue weighted by Gasteiger charge is 2.36. The van der Waals surface area contributed by atoms with Crippen LogP contribution in [0.15, 0.2) is 35.3 Å². The second-order valence-corrected chi connectivity index (χ2v) is 8.89. The van der Waals surface area contributed by atoms with Crippen molar-refractivity contribution in [3.05, 3.63) is 57.6 Å². The Bertz CT molecular complexity index is 867. The molecule has 1 aliphatic heterocycles. The second kappa shape index (κ2) is 7.67. The van der Waals surface area contributed by atoms with Crippen molar-refractivity contribution in [2.75, 3.05) is 11.4 Å². The Morgan fingerprint density at radius 1 is 1.26 bits per heavy atom. The van der Waals surface area contributed by atoms with E-state index >= 15 is 0 Å². The molecule has 2 aromatic carbocycles. The molecule has 1 atom stereocenters. The van der Waals surface area contributed by atoms with E-state index in [1.807, 2.05) is 31.3 Å². The summed E-state index contributed by atoms with van der Waals surface area (Å²) in [7, 11) is 0. The Morgan fingerprint density at radius 2 is 2.00 bits per heavy atom. The monoisotopic (exact) mass is 382 g/mol. The Hall–Kier alpha value is -1.80. The highest BCUT2D eigenvalue weighted by atomic mass is 35.5. The van der Waals surface area contributed by atoms with Crippen LogP contribution in [0, 0.1) is 13.8 Å². The van der Waals surface area contributed by atoms with Crippen molar-refractivity contribution in [1.82, 2.24) is 0 Å². The lowest BCUT2D eigenvalue weighted by atomic mass is 9.79.